The number of benzene rings is 19. The van der Waals surface area contributed by atoms with Gasteiger partial charge in [0.1, 0.15) is 61.5 Å². The molecule has 143 heavy (non-hydrogen) atoms. The highest BCUT2D eigenvalue weighted by molar-refractivity contribution is 6.28. The molecule has 1 aliphatic rings. The minimum absolute atomic E-state index is 0.0923. The average Bonchev–Trinajstić information content (AvgIpc) is 1.54. The summed E-state index contributed by atoms with van der Waals surface area (Å²) in [5.41, 5.74) is 35.5. The number of nitrogens with zero attached hydrogens (tertiary/aromatic N) is 10. The van der Waals surface area contributed by atoms with E-state index in [1.807, 2.05) is 133 Å². The van der Waals surface area contributed by atoms with Crippen LogP contribution < -0.4 is 0 Å². The van der Waals surface area contributed by atoms with Gasteiger partial charge in [-0.2, -0.15) is 0 Å². The third-order valence-corrected chi connectivity index (χ3v) is 28.9. The van der Waals surface area contributed by atoms with Gasteiger partial charge < -0.3 is 35.9 Å². The van der Waals surface area contributed by atoms with Crippen molar-refractivity contribution in [2.45, 2.75) is 19.3 Å². The van der Waals surface area contributed by atoms with Gasteiger partial charge in [-0.25, -0.2) is 29.9 Å². The lowest BCUT2D eigenvalue weighted by Crippen LogP contribution is -2.14. The molecule has 30 aromatic rings. The van der Waals surface area contributed by atoms with Crippen LogP contribution >= 0.6 is 0 Å². The van der Waals surface area contributed by atoms with E-state index >= 15 is 0 Å². The lowest BCUT2D eigenvalue weighted by molar-refractivity contribution is 0.660. The largest absolute Gasteiger partial charge is 0.456 e. The van der Waals surface area contributed by atoms with Crippen LogP contribution in [0.15, 0.2) is 467 Å². The Morgan fingerprint density at radius 2 is 0.573 bits per heavy atom. The lowest BCUT2D eigenvalue weighted by atomic mass is 9.82. The van der Waals surface area contributed by atoms with E-state index in [1.54, 1.807) is 0 Å². The average molecular weight is 1830 g/mol. The minimum atomic E-state index is -0.0923. The van der Waals surface area contributed by atoms with Crippen molar-refractivity contribution in [1.29, 1.82) is 0 Å². The van der Waals surface area contributed by atoms with E-state index in [2.05, 4.69) is 348 Å². The molecule has 0 fully saturated rings. The van der Waals surface area contributed by atoms with Gasteiger partial charge in [0.25, 0.3) is 0 Å². The molecule has 0 saturated carbocycles. The predicted octanol–water partition coefficient (Wildman–Crippen LogP) is 33.7. The van der Waals surface area contributed by atoms with Crippen molar-refractivity contribution in [3.05, 3.63) is 460 Å². The quantitative estimate of drug-likeness (QED) is 0.129. The summed E-state index contributed by atoms with van der Waals surface area (Å²) >= 11 is 0. The Labute approximate surface area is 816 Å². The molecule has 0 spiro atoms. The SMILES string of the molecule is CC1(C)c2ccccc2-c2c1ccc1c3ccccc3n(-c3cccc(-c4nc(-c5ccccc5)nc5c4oc4ccccc45)c3)c21.c1ccc(-c2nc(-c3cccc(-n4c5ccccc5c5ccc6c(c7ccccc7n6-c6ccccc6)c54)c3)c3oc4ccccc4c3n2)cc1.c1ccc(-c2nc(-c3ccccc3-n3c4ccccc4c4ccc5oc6ccccc6c5c43)c3oc4ccccc4c3n2)cc1. The van der Waals surface area contributed by atoms with Crippen molar-refractivity contribution in [3.63, 3.8) is 0 Å². The number of hydrogen-bond acceptors (Lipinski definition) is 10. The van der Waals surface area contributed by atoms with Crippen molar-refractivity contribution in [1.82, 2.24) is 48.2 Å². The zero-order chi connectivity index (χ0) is 94.2. The maximum atomic E-state index is 6.54. The van der Waals surface area contributed by atoms with E-state index in [0.717, 1.165) is 161 Å². The van der Waals surface area contributed by atoms with Gasteiger partial charge in [0, 0.05) is 126 Å². The van der Waals surface area contributed by atoms with Crippen LogP contribution in [-0.4, -0.2) is 48.2 Å². The first-order chi connectivity index (χ1) is 70.7. The van der Waals surface area contributed by atoms with Crippen LogP contribution in [0.2, 0.25) is 0 Å². The molecule has 11 aromatic heterocycles. The van der Waals surface area contributed by atoms with Gasteiger partial charge in [0.15, 0.2) is 34.2 Å². The summed E-state index contributed by atoms with van der Waals surface area (Å²) in [6.45, 7) is 4.68. The fourth-order valence-electron chi connectivity index (χ4n) is 22.6. The molecule has 670 valence electrons. The van der Waals surface area contributed by atoms with Gasteiger partial charge in [-0.1, -0.05) is 335 Å². The first-order valence-corrected chi connectivity index (χ1v) is 48.3. The zero-order valence-electron chi connectivity index (χ0n) is 77.3. The molecule has 0 aliphatic heterocycles. The smallest absolute Gasteiger partial charge is 0.180 e. The van der Waals surface area contributed by atoms with E-state index in [-0.39, 0.29) is 5.41 Å². The third-order valence-electron chi connectivity index (χ3n) is 28.9. The monoisotopic (exact) mass is 1830 g/mol. The highest BCUT2D eigenvalue weighted by Gasteiger charge is 2.38. The van der Waals surface area contributed by atoms with Crippen molar-refractivity contribution >= 4 is 175 Å². The van der Waals surface area contributed by atoms with Crippen LogP contribution in [0.4, 0.5) is 0 Å². The molecule has 0 radical (unpaired) electrons. The Morgan fingerprint density at radius 3 is 1.10 bits per heavy atom. The number of hydrogen-bond donors (Lipinski definition) is 0. The van der Waals surface area contributed by atoms with Crippen molar-refractivity contribution in [3.8, 4) is 102 Å². The van der Waals surface area contributed by atoms with Crippen LogP contribution in [-0.2, 0) is 5.41 Å². The van der Waals surface area contributed by atoms with E-state index in [9.17, 15) is 0 Å². The molecular weight excluding hydrogens is 1750 g/mol. The Morgan fingerprint density at radius 1 is 0.210 bits per heavy atom. The molecule has 0 amide bonds. The Hall–Kier alpha value is -19.2. The Bertz CT molecular complexity index is 10500. The molecule has 0 atom stereocenters. The molecule has 31 rings (SSSR count). The Balaban J connectivity index is 0.000000102. The van der Waals surface area contributed by atoms with E-state index in [4.69, 9.17) is 47.6 Å². The van der Waals surface area contributed by atoms with Crippen molar-refractivity contribution in [2.24, 2.45) is 0 Å². The summed E-state index contributed by atoms with van der Waals surface area (Å²) in [5.74, 6) is 2.01. The summed E-state index contributed by atoms with van der Waals surface area (Å²) in [5, 5.41) is 14.8. The topological polar surface area (TPSA) is 150 Å². The Kier molecular flexibility index (Phi) is 18.1. The lowest BCUT2D eigenvalue weighted by Gasteiger charge is -2.21. The van der Waals surface area contributed by atoms with Gasteiger partial charge in [-0.05, 0) is 144 Å². The minimum Gasteiger partial charge on any atom is -0.456 e. The summed E-state index contributed by atoms with van der Waals surface area (Å²) in [6, 6.07) is 157. The van der Waals surface area contributed by atoms with Crippen LogP contribution in [0.1, 0.15) is 25.0 Å². The summed E-state index contributed by atoms with van der Waals surface area (Å²) < 4.78 is 35.5. The van der Waals surface area contributed by atoms with Gasteiger partial charge in [-0.15, -0.1) is 0 Å². The zero-order valence-corrected chi connectivity index (χ0v) is 77.3. The molecule has 14 nitrogen and oxygen atoms in total. The maximum absolute atomic E-state index is 6.54. The van der Waals surface area contributed by atoms with Crippen LogP contribution in [0.5, 0.6) is 0 Å². The summed E-state index contributed by atoms with van der Waals surface area (Å²) in [7, 11) is 0. The molecule has 0 N–H and O–H groups in total. The van der Waals surface area contributed by atoms with Crippen LogP contribution in [0.3, 0.4) is 0 Å². The fraction of sp³-hybridized carbons (Fsp3) is 0.0233. The third kappa shape index (κ3) is 12.6. The molecule has 0 unspecified atom stereocenters. The van der Waals surface area contributed by atoms with Crippen LogP contribution in [0.25, 0.3) is 277 Å². The van der Waals surface area contributed by atoms with Gasteiger partial charge in [0.2, 0.25) is 0 Å². The van der Waals surface area contributed by atoms with Crippen molar-refractivity contribution < 1.29 is 17.7 Å². The summed E-state index contributed by atoms with van der Waals surface area (Å²) in [4.78, 5) is 30.7. The molecular formula is C129H80N10O4. The second-order valence-corrected chi connectivity index (χ2v) is 37.3. The second-order valence-electron chi connectivity index (χ2n) is 37.3. The molecule has 1 aliphatic carbocycles. The van der Waals surface area contributed by atoms with Gasteiger partial charge >= 0.3 is 0 Å². The highest BCUT2D eigenvalue weighted by atomic mass is 16.3. The summed E-state index contributed by atoms with van der Waals surface area (Å²) in [6.07, 6.45) is 0. The highest BCUT2D eigenvalue weighted by Crippen LogP contribution is 2.55. The molecule has 0 saturated heterocycles. The normalized spacial score (nSPS) is 12.5. The maximum Gasteiger partial charge on any atom is 0.180 e. The van der Waals surface area contributed by atoms with Gasteiger partial charge in [0.05, 0.1) is 55.2 Å². The second kappa shape index (κ2) is 32.0. The standard InChI is InChI=1S/C46H28N4O.C43H29N3O.C40H23N3O2/c1-3-14-29(15-4-1)46-47-42(45-43(48-46)36-22-9-12-25-40(36)51-45)30-16-13-19-32(28-30)50-37-23-10-7-20-33(37)34-26-27-39-41(44(34)50)35-21-8-11-24-38(35)49(39)31-17-5-2-6-18-31;1-43(2)33-20-9-6-18-31(33)37-34(43)24-23-30-29-17-7-10-21-35(29)46(40(30)37)28-16-12-15-27(25-28)38-41-39(32-19-8-11-22-36(32)47-41)45-42(44-38)26-13-4-3-5-14-26;1-2-12-24(13-3-1)40-41-36(39-37(42-40)29-17-7-11-21-33(29)45-39)27-15-5-9-19-31(27)43-30-18-8-4-14-25(30)26-22-23-34-35(38(26)43)28-16-6-10-20-32(28)44-34/h1-28H;3-25H,1-2H3;1-23H. The number of rotatable bonds is 10. The number of furan rings is 4. The fourth-order valence-corrected chi connectivity index (χ4v) is 22.6. The number of fused-ring (bicyclic) bond motifs is 30. The molecule has 0 bridgehead atoms. The number of aromatic nitrogens is 10. The van der Waals surface area contributed by atoms with Crippen molar-refractivity contribution in [2.75, 3.05) is 0 Å². The molecule has 14 heteroatoms. The molecule has 19 aromatic carbocycles. The number of para-hydroxylation sites is 10. The van der Waals surface area contributed by atoms with E-state index in [0.29, 0.717) is 34.2 Å². The first kappa shape index (κ1) is 81.0. The first-order valence-electron chi connectivity index (χ1n) is 48.3. The van der Waals surface area contributed by atoms with Gasteiger partial charge in [-0.3, -0.25) is 0 Å². The predicted molar refractivity (Wildman–Crippen MR) is 583 cm³/mol. The van der Waals surface area contributed by atoms with E-state index < -0.39 is 0 Å². The molecule has 11 heterocycles. The van der Waals surface area contributed by atoms with Crippen LogP contribution in [0, 0.1) is 0 Å². The van der Waals surface area contributed by atoms with E-state index in [1.165, 1.54) is 92.9 Å².